The van der Waals surface area contributed by atoms with Gasteiger partial charge >= 0.3 is 0 Å². The fourth-order valence-electron chi connectivity index (χ4n) is 3.50. The maximum atomic E-state index is 11.0. The first-order valence-corrected chi connectivity index (χ1v) is 7.53. The molecule has 0 saturated carbocycles. The van der Waals surface area contributed by atoms with Gasteiger partial charge in [0, 0.05) is 19.6 Å². The summed E-state index contributed by atoms with van der Waals surface area (Å²) >= 11 is 0. The maximum Gasteiger partial charge on any atom is 0.0940 e. The summed E-state index contributed by atoms with van der Waals surface area (Å²) in [5.41, 5.74) is 1.27. The predicted molar refractivity (Wildman–Crippen MR) is 77.6 cm³/mol. The van der Waals surface area contributed by atoms with Crippen molar-refractivity contribution in [3.05, 3.63) is 35.4 Å². The Hall–Kier alpha value is -0.900. The average Bonchev–Trinajstić information content (AvgIpc) is 2.87. The summed E-state index contributed by atoms with van der Waals surface area (Å²) < 4.78 is 11.5. The van der Waals surface area contributed by atoms with E-state index in [-0.39, 0.29) is 11.5 Å². The number of benzene rings is 1. The Morgan fingerprint density at radius 2 is 2.00 bits per heavy atom. The van der Waals surface area contributed by atoms with Crippen LogP contribution in [0.2, 0.25) is 0 Å². The third kappa shape index (κ3) is 2.50. The van der Waals surface area contributed by atoms with Gasteiger partial charge < -0.3 is 14.6 Å². The SMILES string of the molecule is Cc1ccc(C(C)(O)C2CCOC3(CCOC3)C2)cc1. The highest BCUT2D eigenvalue weighted by Gasteiger charge is 2.46. The van der Waals surface area contributed by atoms with E-state index in [4.69, 9.17) is 9.47 Å². The normalized spacial score (nSPS) is 33.2. The molecule has 1 N–H and O–H groups in total. The minimum atomic E-state index is -0.799. The summed E-state index contributed by atoms with van der Waals surface area (Å²) in [6.07, 6.45) is 2.74. The van der Waals surface area contributed by atoms with E-state index in [1.165, 1.54) is 5.56 Å². The number of hydrogen-bond donors (Lipinski definition) is 1. The van der Waals surface area contributed by atoms with E-state index in [1.807, 2.05) is 19.1 Å². The molecule has 3 atom stereocenters. The van der Waals surface area contributed by atoms with Crippen molar-refractivity contribution in [1.82, 2.24) is 0 Å². The Balaban J connectivity index is 1.81. The molecule has 3 nitrogen and oxygen atoms in total. The molecular formula is C17H24O3. The van der Waals surface area contributed by atoms with Gasteiger partial charge in [0.05, 0.1) is 17.8 Å². The fourth-order valence-corrected chi connectivity index (χ4v) is 3.50. The van der Waals surface area contributed by atoms with Crippen molar-refractivity contribution in [3.8, 4) is 0 Å². The van der Waals surface area contributed by atoms with E-state index in [2.05, 4.69) is 19.1 Å². The fraction of sp³-hybridized carbons (Fsp3) is 0.647. The van der Waals surface area contributed by atoms with Crippen molar-refractivity contribution < 1.29 is 14.6 Å². The summed E-state index contributed by atoms with van der Waals surface area (Å²) in [7, 11) is 0. The van der Waals surface area contributed by atoms with Gasteiger partial charge in [0.1, 0.15) is 0 Å². The zero-order chi connectivity index (χ0) is 14.2. The zero-order valence-electron chi connectivity index (χ0n) is 12.4. The monoisotopic (exact) mass is 276 g/mol. The molecule has 2 fully saturated rings. The van der Waals surface area contributed by atoms with Crippen LogP contribution in [0.25, 0.3) is 0 Å². The average molecular weight is 276 g/mol. The van der Waals surface area contributed by atoms with Crippen molar-refractivity contribution in [2.45, 2.75) is 44.3 Å². The second-order valence-corrected chi connectivity index (χ2v) is 6.54. The lowest BCUT2D eigenvalue weighted by Gasteiger charge is -2.43. The molecule has 2 aliphatic heterocycles. The molecule has 2 aliphatic rings. The van der Waals surface area contributed by atoms with Crippen LogP contribution in [0.4, 0.5) is 0 Å². The molecule has 0 radical (unpaired) electrons. The Morgan fingerprint density at radius 1 is 1.25 bits per heavy atom. The van der Waals surface area contributed by atoms with Crippen LogP contribution < -0.4 is 0 Å². The van der Waals surface area contributed by atoms with Crippen molar-refractivity contribution in [1.29, 1.82) is 0 Å². The minimum absolute atomic E-state index is 0.155. The highest BCUT2D eigenvalue weighted by Crippen LogP contribution is 2.43. The first kappa shape index (κ1) is 14.1. The molecule has 0 amide bonds. The van der Waals surface area contributed by atoms with Gasteiger partial charge in [-0.2, -0.15) is 0 Å². The van der Waals surface area contributed by atoms with Crippen molar-refractivity contribution in [2.75, 3.05) is 19.8 Å². The van der Waals surface area contributed by atoms with E-state index >= 15 is 0 Å². The van der Waals surface area contributed by atoms with Crippen LogP contribution in [0.1, 0.15) is 37.3 Å². The van der Waals surface area contributed by atoms with Gasteiger partial charge in [-0.15, -0.1) is 0 Å². The molecule has 3 unspecified atom stereocenters. The van der Waals surface area contributed by atoms with Crippen molar-refractivity contribution in [3.63, 3.8) is 0 Å². The van der Waals surface area contributed by atoms with Crippen LogP contribution in [0.5, 0.6) is 0 Å². The molecule has 2 heterocycles. The largest absolute Gasteiger partial charge is 0.385 e. The van der Waals surface area contributed by atoms with E-state index < -0.39 is 5.60 Å². The Kier molecular flexibility index (Phi) is 3.61. The van der Waals surface area contributed by atoms with Crippen LogP contribution in [0, 0.1) is 12.8 Å². The summed E-state index contributed by atoms with van der Waals surface area (Å²) in [6.45, 7) is 6.18. The maximum absolute atomic E-state index is 11.0. The molecular weight excluding hydrogens is 252 g/mol. The van der Waals surface area contributed by atoms with Gasteiger partial charge in [-0.05, 0) is 38.2 Å². The summed E-state index contributed by atoms with van der Waals surface area (Å²) in [6, 6.07) is 8.22. The first-order valence-electron chi connectivity index (χ1n) is 7.53. The van der Waals surface area contributed by atoms with Crippen molar-refractivity contribution in [2.24, 2.45) is 5.92 Å². The van der Waals surface area contributed by atoms with Gasteiger partial charge in [-0.1, -0.05) is 29.8 Å². The molecule has 2 saturated heterocycles. The quantitative estimate of drug-likeness (QED) is 0.902. The van der Waals surface area contributed by atoms with E-state index in [0.717, 1.165) is 38.0 Å². The number of ether oxygens (including phenoxy) is 2. The molecule has 3 rings (SSSR count). The molecule has 110 valence electrons. The topological polar surface area (TPSA) is 38.7 Å². The minimum Gasteiger partial charge on any atom is -0.385 e. The molecule has 0 bridgehead atoms. The number of aliphatic hydroxyl groups is 1. The van der Waals surface area contributed by atoms with Gasteiger partial charge in [-0.25, -0.2) is 0 Å². The van der Waals surface area contributed by atoms with Crippen LogP contribution in [-0.4, -0.2) is 30.5 Å². The standard InChI is InChI=1S/C17H24O3/c1-13-3-5-14(6-4-13)16(2,18)15-7-9-20-17(11-15)8-10-19-12-17/h3-6,15,18H,7-12H2,1-2H3. The molecule has 0 aromatic heterocycles. The van der Waals surface area contributed by atoms with Crippen molar-refractivity contribution >= 4 is 0 Å². The zero-order valence-corrected chi connectivity index (χ0v) is 12.4. The summed E-state index contributed by atoms with van der Waals surface area (Å²) in [5, 5.41) is 11.0. The lowest BCUT2D eigenvalue weighted by molar-refractivity contribution is -0.140. The third-order valence-electron chi connectivity index (χ3n) is 4.99. The van der Waals surface area contributed by atoms with Gasteiger partial charge in [0.15, 0.2) is 0 Å². The van der Waals surface area contributed by atoms with E-state index in [0.29, 0.717) is 6.61 Å². The Labute approximate surface area is 120 Å². The lowest BCUT2D eigenvalue weighted by Crippen LogP contribution is -2.46. The second-order valence-electron chi connectivity index (χ2n) is 6.54. The number of hydrogen-bond acceptors (Lipinski definition) is 3. The molecule has 20 heavy (non-hydrogen) atoms. The Morgan fingerprint density at radius 3 is 2.65 bits per heavy atom. The van der Waals surface area contributed by atoms with Gasteiger partial charge in [0.25, 0.3) is 0 Å². The molecule has 3 heteroatoms. The summed E-state index contributed by atoms with van der Waals surface area (Å²) in [4.78, 5) is 0. The van der Waals surface area contributed by atoms with Crippen LogP contribution in [0.15, 0.2) is 24.3 Å². The van der Waals surface area contributed by atoms with E-state index in [9.17, 15) is 5.11 Å². The second kappa shape index (κ2) is 5.14. The summed E-state index contributed by atoms with van der Waals surface area (Å²) in [5.74, 6) is 0.223. The van der Waals surface area contributed by atoms with Gasteiger partial charge in [0.2, 0.25) is 0 Å². The van der Waals surface area contributed by atoms with Gasteiger partial charge in [-0.3, -0.25) is 0 Å². The van der Waals surface area contributed by atoms with Crippen LogP contribution in [0.3, 0.4) is 0 Å². The number of rotatable bonds is 2. The van der Waals surface area contributed by atoms with Crippen LogP contribution in [-0.2, 0) is 15.1 Å². The highest BCUT2D eigenvalue weighted by atomic mass is 16.6. The smallest absolute Gasteiger partial charge is 0.0940 e. The molecule has 1 spiro atoms. The third-order valence-corrected chi connectivity index (χ3v) is 4.99. The highest BCUT2D eigenvalue weighted by molar-refractivity contribution is 5.27. The Bertz CT molecular complexity index is 458. The van der Waals surface area contributed by atoms with E-state index in [1.54, 1.807) is 0 Å². The molecule has 1 aromatic carbocycles. The molecule has 0 aliphatic carbocycles. The van der Waals surface area contributed by atoms with Crippen LogP contribution >= 0.6 is 0 Å². The number of aryl methyl sites for hydroxylation is 1. The predicted octanol–water partition coefficient (Wildman–Crippen LogP) is 2.79. The lowest BCUT2D eigenvalue weighted by atomic mass is 9.73. The molecule has 1 aromatic rings. The first-order chi connectivity index (χ1) is 9.52.